The number of anilines is 1. The van der Waals surface area contributed by atoms with Gasteiger partial charge in [-0.25, -0.2) is 0 Å². The maximum absolute atomic E-state index is 12.2. The first-order valence-corrected chi connectivity index (χ1v) is 6.46. The Balaban J connectivity index is 2.16. The van der Waals surface area contributed by atoms with Crippen LogP contribution in [0.15, 0.2) is 36.4 Å². The number of benzene rings is 2. The van der Waals surface area contributed by atoms with Gasteiger partial charge in [0.1, 0.15) is 12.4 Å². The fourth-order valence-electron chi connectivity index (χ4n) is 2.50. The van der Waals surface area contributed by atoms with Crippen molar-refractivity contribution in [1.82, 2.24) is 0 Å². The van der Waals surface area contributed by atoms with E-state index in [1.54, 1.807) is 4.90 Å². The van der Waals surface area contributed by atoms with Crippen molar-refractivity contribution in [1.29, 1.82) is 0 Å². The van der Waals surface area contributed by atoms with Crippen LogP contribution >= 0.6 is 0 Å². The minimum atomic E-state index is 0.0587. The number of amides is 1. The Morgan fingerprint density at radius 1 is 1.26 bits per heavy atom. The molecule has 0 saturated heterocycles. The number of carbonyl (C=O) groups is 1. The summed E-state index contributed by atoms with van der Waals surface area (Å²) in [4.78, 5) is 14.0. The van der Waals surface area contributed by atoms with E-state index in [0.717, 1.165) is 22.2 Å². The Morgan fingerprint density at radius 2 is 2.11 bits per heavy atom. The molecule has 1 amide bonds. The van der Waals surface area contributed by atoms with Gasteiger partial charge in [0, 0.05) is 18.4 Å². The molecule has 0 fully saturated rings. The van der Waals surface area contributed by atoms with Crippen LogP contribution in [0.3, 0.4) is 0 Å². The van der Waals surface area contributed by atoms with Gasteiger partial charge in [0.05, 0.1) is 12.2 Å². The summed E-state index contributed by atoms with van der Waals surface area (Å²) in [5.41, 5.74) is 6.37. The first-order valence-electron chi connectivity index (χ1n) is 6.46. The molecule has 98 valence electrons. The van der Waals surface area contributed by atoms with Crippen molar-refractivity contribution in [2.75, 3.05) is 24.6 Å². The fourth-order valence-corrected chi connectivity index (χ4v) is 2.50. The average molecular weight is 256 g/mol. The van der Waals surface area contributed by atoms with E-state index in [0.29, 0.717) is 26.1 Å². The molecule has 19 heavy (non-hydrogen) atoms. The molecule has 2 N–H and O–H groups in total. The minimum Gasteiger partial charge on any atom is -0.490 e. The van der Waals surface area contributed by atoms with Crippen molar-refractivity contribution < 1.29 is 9.53 Å². The van der Waals surface area contributed by atoms with Crippen molar-refractivity contribution in [3.05, 3.63) is 36.4 Å². The summed E-state index contributed by atoms with van der Waals surface area (Å²) in [6.45, 7) is 1.48. The molecule has 0 radical (unpaired) electrons. The third kappa shape index (κ3) is 2.04. The van der Waals surface area contributed by atoms with Crippen molar-refractivity contribution >= 4 is 22.4 Å². The normalized spacial score (nSPS) is 14.1. The molecule has 0 atom stereocenters. The van der Waals surface area contributed by atoms with E-state index >= 15 is 0 Å². The quantitative estimate of drug-likeness (QED) is 0.893. The van der Waals surface area contributed by atoms with Gasteiger partial charge in [-0.05, 0) is 11.5 Å². The van der Waals surface area contributed by atoms with Gasteiger partial charge in [-0.1, -0.05) is 30.3 Å². The molecule has 2 aromatic carbocycles. The second-order valence-corrected chi connectivity index (χ2v) is 4.57. The van der Waals surface area contributed by atoms with Crippen LogP contribution in [-0.4, -0.2) is 25.6 Å². The van der Waals surface area contributed by atoms with Crippen LogP contribution in [0, 0.1) is 0 Å². The Labute approximate surface area is 111 Å². The van der Waals surface area contributed by atoms with Crippen molar-refractivity contribution in [2.24, 2.45) is 5.73 Å². The van der Waals surface area contributed by atoms with E-state index in [2.05, 4.69) is 0 Å². The molecule has 0 spiro atoms. The summed E-state index contributed by atoms with van der Waals surface area (Å²) in [5, 5.41) is 2.15. The lowest BCUT2D eigenvalue weighted by molar-refractivity contribution is -0.118. The number of nitrogens with two attached hydrogens (primary N) is 1. The Kier molecular flexibility index (Phi) is 3.09. The van der Waals surface area contributed by atoms with Gasteiger partial charge in [-0.2, -0.15) is 0 Å². The second-order valence-electron chi connectivity index (χ2n) is 4.57. The Morgan fingerprint density at radius 3 is 2.95 bits per heavy atom. The number of ether oxygens (including phenoxy) is 1. The van der Waals surface area contributed by atoms with Crippen LogP contribution in [0.4, 0.5) is 5.69 Å². The van der Waals surface area contributed by atoms with E-state index in [4.69, 9.17) is 10.5 Å². The average Bonchev–Trinajstić information content (AvgIpc) is 2.46. The van der Waals surface area contributed by atoms with Crippen LogP contribution < -0.4 is 15.4 Å². The molecule has 2 aromatic rings. The fraction of sp³-hybridized carbons (Fsp3) is 0.267. The minimum absolute atomic E-state index is 0.0587. The van der Waals surface area contributed by atoms with Crippen molar-refractivity contribution in [3.63, 3.8) is 0 Å². The first kappa shape index (κ1) is 12.0. The molecule has 0 saturated carbocycles. The monoisotopic (exact) mass is 256 g/mol. The van der Waals surface area contributed by atoms with Gasteiger partial charge in [-0.15, -0.1) is 0 Å². The summed E-state index contributed by atoms with van der Waals surface area (Å²) < 4.78 is 5.66. The third-order valence-electron chi connectivity index (χ3n) is 3.37. The smallest absolute Gasteiger partial charge is 0.228 e. The van der Waals surface area contributed by atoms with E-state index in [1.165, 1.54) is 0 Å². The summed E-state index contributed by atoms with van der Waals surface area (Å²) in [6.07, 6.45) is 0.364. The highest BCUT2D eigenvalue weighted by molar-refractivity contribution is 6.06. The highest BCUT2D eigenvalue weighted by Gasteiger charge is 2.25. The van der Waals surface area contributed by atoms with Gasteiger partial charge in [0.25, 0.3) is 0 Å². The molecule has 4 heteroatoms. The zero-order chi connectivity index (χ0) is 13.2. The third-order valence-corrected chi connectivity index (χ3v) is 3.37. The van der Waals surface area contributed by atoms with E-state index in [9.17, 15) is 4.79 Å². The predicted molar refractivity (Wildman–Crippen MR) is 75.5 cm³/mol. The molecule has 0 aliphatic carbocycles. The highest BCUT2D eigenvalue weighted by Crippen LogP contribution is 2.38. The number of fused-ring (bicyclic) bond motifs is 3. The number of carbonyl (C=O) groups excluding carboxylic acids is 1. The standard InChI is InChI=1S/C15H16N2O2/c16-8-7-14(18)17-9-10-19-13-6-5-11-3-1-2-4-12(11)15(13)17/h1-6H,7-10,16H2. The van der Waals surface area contributed by atoms with Gasteiger partial charge in [0.15, 0.2) is 0 Å². The predicted octanol–water partition coefficient (Wildman–Crippen LogP) is 1.91. The molecule has 3 rings (SSSR count). The van der Waals surface area contributed by atoms with Gasteiger partial charge in [-0.3, -0.25) is 4.79 Å². The number of nitrogens with zero attached hydrogens (tertiary/aromatic N) is 1. The van der Waals surface area contributed by atoms with Crippen molar-refractivity contribution in [2.45, 2.75) is 6.42 Å². The number of hydrogen-bond donors (Lipinski definition) is 1. The van der Waals surface area contributed by atoms with Crippen LogP contribution in [0.1, 0.15) is 6.42 Å². The van der Waals surface area contributed by atoms with E-state index in [-0.39, 0.29) is 5.91 Å². The Hall–Kier alpha value is -2.07. The summed E-state index contributed by atoms with van der Waals surface area (Å²) >= 11 is 0. The van der Waals surface area contributed by atoms with Gasteiger partial charge in [0.2, 0.25) is 5.91 Å². The second kappa shape index (κ2) is 4.90. The summed E-state index contributed by atoms with van der Waals surface area (Å²) in [5.74, 6) is 0.832. The Bertz CT molecular complexity index is 625. The lowest BCUT2D eigenvalue weighted by atomic mass is 10.1. The molecule has 1 aliphatic rings. The summed E-state index contributed by atoms with van der Waals surface area (Å²) in [6, 6.07) is 12.0. The molecular weight excluding hydrogens is 240 g/mol. The first-order chi connectivity index (χ1) is 9.31. The van der Waals surface area contributed by atoms with Gasteiger partial charge < -0.3 is 15.4 Å². The van der Waals surface area contributed by atoms with E-state index < -0.39 is 0 Å². The molecule has 1 aliphatic heterocycles. The molecule has 1 heterocycles. The zero-order valence-corrected chi connectivity index (χ0v) is 10.6. The molecule has 0 aromatic heterocycles. The molecule has 4 nitrogen and oxygen atoms in total. The lowest BCUT2D eigenvalue weighted by Crippen LogP contribution is -2.38. The maximum atomic E-state index is 12.2. The van der Waals surface area contributed by atoms with Crippen LogP contribution in [0.25, 0.3) is 10.8 Å². The molecule has 0 unspecified atom stereocenters. The maximum Gasteiger partial charge on any atom is 0.228 e. The SMILES string of the molecule is NCCC(=O)N1CCOc2ccc3ccccc3c21. The summed E-state index contributed by atoms with van der Waals surface area (Å²) in [7, 11) is 0. The van der Waals surface area contributed by atoms with Gasteiger partial charge >= 0.3 is 0 Å². The zero-order valence-electron chi connectivity index (χ0n) is 10.6. The van der Waals surface area contributed by atoms with Crippen molar-refractivity contribution in [3.8, 4) is 5.75 Å². The molecular formula is C15H16N2O2. The number of rotatable bonds is 2. The van der Waals surface area contributed by atoms with Crippen LogP contribution in [-0.2, 0) is 4.79 Å². The lowest BCUT2D eigenvalue weighted by Gasteiger charge is -2.30. The molecule has 0 bridgehead atoms. The topological polar surface area (TPSA) is 55.6 Å². The largest absolute Gasteiger partial charge is 0.490 e. The number of hydrogen-bond acceptors (Lipinski definition) is 3. The van der Waals surface area contributed by atoms with Crippen LogP contribution in [0.5, 0.6) is 5.75 Å². The van der Waals surface area contributed by atoms with Crippen LogP contribution in [0.2, 0.25) is 0 Å². The highest BCUT2D eigenvalue weighted by atomic mass is 16.5. The van der Waals surface area contributed by atoms with E-state index in [1.807, 2.05) is 36.4 Å².